The van der Waals surface area contributed by atoms with E-state index in [1.807, 2.05) is 51.1 Å². The largest absolute Gasteiger partial charge is 0.383 e. The molecule has 0 fully saturated rings. The maximum absolute atomic E-state index is 12.6. The van der Waals surface area contributed by atoms with Gasteiger partial charge in [-0.2, -0.15) is 0 Å². The molecule has 1 heterocycles. The number of aromatic nitrogens is 1. The summed E-state index contributed by atoms with van der Waals surface area (Å²) in [6.45, 7) is 6.80. The summed E-state index contributed by atoms with van der Waals surface area (Å²) in [5, 5.41) is 0.956. The highest BCUT2D eigenvalue weighted by Gasteiger charge is 2.27. The molecular formula is C18H24N2O3. The molecule has 1 aromatic carbocycles. The zero-order valence-corrected chi connectivity index (χ0v) is 14.2. The Bertz CT molecular complexity index is 744. The number of rotatable bonds is 5. The Morgan fingerprint density at radius 3 is 2.61 bits per heavy atom. The first-order chi connectivity index (χ1) is 10.8. The van der Waals surface area contributed by atoms with Crippen LogP contribution in [0.5, 0.6) is 0 Å². The second kappa shape index (κ2) is 6.96. The molecule has 1 aromatic heterocycles. The minimum Gasteiger partial charge on any atom is -0.383 e. The van der Waals surface area contributed by atoms with E-state index in [0.29, 0.717) is 18.7 Å². The molecule has 1 N–H and O–H groups in total. The van der Waals surface area contributed by atoms with Gasteiger partial charge in [0.05, 0.1) is 13.2 Å². The zero-order chi connectivity index (χ0) is 17.0. The lowest BCUT2D eigenvalue weighted by Gasteiger charge is -2.29. The molecule has 0 unspecified atom stereocenters. The zero-order valence-electron chi connectivity index (χ0n) is 14.2. The van der Waals surface area contributed by atoms with Gasteiger partial charge in [0, 0.05) is 30.1 Å². The number of nitrogens with one attached hydrogen (secondary N) is 1. The van der Waals surface area contributed by atoms with E-state index < -0.39 is 5.41 Å². The van der Waals surface area contributed by atoms with E-state index in [1.165, 1.54) is 0 Å². The number of pyridine rings is 1. The predicted molar refractivity (Wildman–Crippen MR) is 91.3 cm³/mol. The third kappa shape index (κ3) is 4.20. The van der Waals surface area contributed by atoms with Gasteiger partial charge in [0.25, 0.3) is 5.56 Å². The number of nitrogens with zero attached hydrogens (tertiary/aromatic N) is 1. The van der Waals surface area contributed by atoms with E-state index in [9.17, 15) is 9.59 Å². The quantitative estimate of drug-likeness (QED) is 0.922. The Labute approximate surface area is 136 Å². The van der Waals surface area contributed by atoms with Gasteiger partial charge < -0.3 is 14.6 Å². The molecule has 0 saturated heterocycles. The maximum Gasteiger partial charge on any atom is 0.253 e. The average Bonchev–Trinajstić information content (AvgIpc) is 2.50. The van der Waals surface area contributed by atoms with E-state index in [2.05, 4.69) is 4.98 Å². The normalized spacial score (nSPS) is 11.7. The van der Waals surface area contributed by atoms with Gasteiger partial charge in [-0.05, 0) is 17.5 Å². The fraction of sp³-hybridized carbons (Fsp3) is 0.444. The van der Waals surface area contributed by atoms with Crippen LogP contribution in [0.1, 0.15) is 26.3 Å². The van der Waals surface area contributed by atoms with Crippen LogP contribution in [0.2, 0.25) is 0 Å². The van der Waals surface area contributed by atoms with Crippen LogP contribution in [-0.2, 0) is 16.1 Å². The van der Waals surface area contributed by atoms with Crippen LogP contribution in [-0.4, -0.2) is 36.1 Å². The summed E-state index contributed by atoms with van der Waals surface area (Å²) in [5.74, 6) is 0.00195. The van der Waals surface area contributed by atoms with Crippen LogP contribution in [0.3, 0.4) is 0 Å². The van der Waals surface area contributed by atoms with Crippen LogP contribution in [0.25, 0.3) is 10.9 Å². The molecule has 0 bridgehead atoms. The van der Waals surface area contributed by atoms with Crippen molar-refractivity contribution in [2.75, 3.05) is 20.3 Å². The van der Waals surface area contributed by atoms with Crippen LogP contribution in [0, 0.1) is 5.41 Å². The minimum atomic E-state index is -0.503. The van der Waals surface area contributed by atoms with Gasteiger partial charge in [0.2, 0.25) is 5.91 Å². The fourth-order valence-corrected chi connectivity index (χ4v) is 2.44. The van der Waals surface area contributed by atoms with Gasteiger partial charge >= 0.3 is 0 Å². The van der Waals surface area contributed by atoms with Crippen molar-refractivity contribution in [2.24, 2.45) is 5.41 Å². The molecule has 5 nitrogen and oxygen atoms in total. The van der Waals surface area contributed by atoms with Crippen LogP contribution in [0.15, 0.2) is 35.1 Å². The Morgan fingerprint density at radius 1 is 1.26 bits per heavy atom. The number of aromatic amines is 1. The van der Waals surface area contributed by atoms with Crippen molar-refractivity contribution in [3.05, 3.63) is 46.2 Å². The number of amides is 1. The minimum absolute atomic E-state index is 0.00195. The van der Waals surface area contributed by atoms with Gasteiger partial charge in [-0.25, -0.2) is 0 Å². The first-order valence-corrected chi connectivity index (χ1v) is 7.72. The van der Waals surface area contributed by atoms with Crippen LogP contribution >= 0.6 is 0 Å². The van der Waals surface area contributed by atoms with E-state index in [1.54, 1.807) is 12.0 Å². The maximum atomic E-state index is 12.6. The number of carbonyl (C=O) groups excluding carboxylic acids is 1. The first-order valence-electron chi connectivity index (χ1n) is 7.72. The Kier molecular flexibility index (Phi) is 5.21. The molecule has 2 rings (SSSR count). The summed E-state index contributed by atoms with van der Waals surface area (Å²) in [5.41, 5.74) is 0.717. The van der Waals surface area contributed by atoms with Crippen LogP contribution in [0.4, 0.5) is 0 Å². The van der Waals surface area contributed by atoms with Gasteiger partial charge in [-0.15, -0.1) is 0 Å². The summed E-state index contributed by atoms with van der Waals surface area (Å²) in [6, 6.07) is 9.46. The topological polar surface area (TPSA) is 62.4 Å². The summed E-state index contributed by atoms with van der Waals surface area (Å²) in [7, 11) is 1.60. The first kappa shape index (κ1) is 17.2. The van der Waals surface area contributed by atoms with Crippen molar-refractivity contribution < 1.29 is 9.53 Å². The summed E-state index contributed by atoms with van der Waals surface area (Å²) >= 11 is 0. The molecule has 23 heavy (non-hydrogen) atoms. The number of fused-ring (bicyclic) bond motifs is 1. The number of ether oxygens (including phenoxy) is 1. The Hall–Kier alpha value is -2.14. The van der Waals surface area contributed by atoms with Crippen molar-refractivity contribution in [3.8, 4) is 0 Å². The second-order valence-corrected chi connectivity index (χ2v) is 6.68. The average molecular weight is 316 g/mol. The van der Waals surface area contributed by atoms with Crippen molar-refractivity contribution in [1.82, 2.24) is 9.88 Å². The van der Waals surface area contributed by atoms with E-state index in [4.69, 9.17) is 4.74 Å². The lowest BCUT2D eigenvalue weighted by molar-refractivity contribution is -0.140. The van der Waals surface area contributed by atoms with Crippen molar-refractivity contribution >= 4 is 16.8 Å². The SMILES string of the molecule is COCCN(Cc1cc2ccccc2[nH]c1=O)C(=O)C(C)(C)C. The number of hydrogen-bond donors (Lipinski definition) is 1. The molecule has 0 aliphatic rings. The highest BCUT2D eigenvalue weighted by Crippen LogP contribution is 2.19. The number of H-pyrrole nitrogens is 1. The molecule has 1 amide bonds. The van der Waals surface area contributed by atoms with E-state index >= 15 is 0 Å². The molecular weight excluding hydrogens is 292 g/mol. The Morgan fingerprint density at radius 2 is 1.96 bits per heavy atom. The standard InChI is InChI=1S/C18H24N2O3/c1-18(2,3)17(22)20(9-10-23-4)12-14-11-13-7-5-6-8-15(13)19-16(14)21/h5-8,11H,9-10,12H2,1-4H3,(H,19,21). The van der Waals surface area contributed by atoms with Gasteiger partial charge in [-0.3, -0.25) is 9.59 Å². The fourth-order valence-electron chi connectivity index (χ4n) is 2.44. The van der Waals surface area contributed by atoms with Crippen LogP contribution < -0.4 is 5.56 Å². The van der Waals surface area contributed by atoms with E-state index in [0.717, 1.165) is 10.9 Å². The summed E-state index contributed by atoms with van der Waals surface area (Å²) in [6.07, 6.45) is 0. The smallest absolute Gasteiger partial charge is 0.253 e. The third-order valence-corrected chi connectivity index (χ3v) is 3.69. The molecule has 0 spiro atoms. The predicted octanol–water partition coefficient (Wildman–Crippen LogP) is 2.55. The van der Waals surface area contributed by atoms with Crippen molar-refractivity contribution in [2.45, 2.75) is 27.3 Å². The van der Waals surface area contributed by atoms with Gasteiger partial charge in [0.1, 0.15) is 0 Å². The van der Waals surface area contributed by atoms with Gasteiger partial charge in [0.15, 0.2) is 0 Å². The highest BCUT2D eigenvalue weighted by atomic mass is 16.5. The number of methoxy groups -OCH3 is 1. The highest BCUT2D eigenvalue weighted by molar-refractivity contribution is 5.82. The monoisotopic (exact) mass is 316 g/mol. The molecule has 0 atom stereocenters. The molecule has 0 radical (unpaired) electrons. The molecule has 0 aliphatic carbocycles. The van der Waals surface area contributed by atoms with Crippen molar-refractivity contribution in [3.63, 3.8) is 0 Å². The van der Waals surface area contributed by atoms with E-state index in [-0.39, 0.29) is 18.0 Å². The van der Waals surface area contributed by atoms with Gasteiger partial charge in [-0.1, -0.05) is 39.0 Å². The molecule has 0 saturated carbocycles. The number of para-hydroxylation sites is 1. The van der Waals surface area contributed by atoms with Crippen molar-refractivity contribution in [1.29, 1.82) is 0 Å². The molecule has 0 aliphatic heterocycles. The lowest BCUT2D eigenvalue weighted by Crippen LogP contribution is -2.41. The number of hydrogen-bond acceptors (Lipinski definition) is 3. The summed E-state index contributed by atoms with van der Waals surface area (Å²) in [4.78, 5) is 29.5. The number of carbonyl (C=O) groups is 1. The summed E-state index contributed by atoms with van der Waals surface area (Å²) < 4.78 is 5.09. The third-order valence-electron chi connectivity index (χ3n) is 3.69. The lowest BCUT2D eigenvalue weighted by atomic mass is 9.94. The molecule has 2 aromatic rings. The molecule has 124 valence electrons. The second-order valence-electron chi connectivity index (χ2n) is 6.68. The number of benzene rings is 1. The molecule has 5 heteroatoms. The Balaban J connectivity index is 2.33.